The molecule has 118 valence electrons. The topological polar surface area (TPSA) is 87.2 Å². The Labute approximate surface area is 129 Å². The highest BCUT2D eigenvalue weighted by Crippen LogP contribution is 2.15. The molecule has 3 N–H and O–H groups in total. The summed E-state index contributed by atoms with van der Waals surface area (Å²) in [4.78, 5) is 0. The van der Waals surface area contributed by atoms with Crippen LogP contribution in [-0.2, 0) is 22.6 Å². The minimum Gasteiger partial charge on any atom is -0.353 e. The number of hydrazine groups is 1. The lowest BCUT2D eigenvalue weighted by Gasteiger charge is -2.22. The van der Waals surface area contributed by atoms with Crippen LogP contribution in [0.25, 0.3) is 5.69 Å². The molecule has 1 fully saturated rings. The fourth-order valence-electron chi connectivity index (χ4n) is 2.40. The van der Waals surface area contributed by atoms with Crippen molar-refractivity contribution < 1.29 is 9.47 Å². The second kappa shape index (κ2) is 7.46. The van der Waals surface area contributed by atoms with Crippen LogP contribution in [0.4, 0.5) is 0 Å². The number of nitrogens with one attached hydrogen (secondary N) is 1. The second-order valence-corrected chi connectivity index (χ2v) is 5.31. The number of aromatic nitrogens is 3. The molecule has 0 saturated carbocycles. The molecule has 1 saturated heterocycles. The summed E-state index contributed by atoms with van der Waals surface area (Å²) in [6.45, 7) is 1.83. The standard InChI is InChI=1S/C15H21N5O2/c16-17-9-12-4-6-14(7-5-12)20-10-13(18-19-20)11-22-15-3-1-2-8-21-15/h4-7,10,15,17H,1-3,8-9,11,16H2. The van der Waals surface area contributed by atoms with Gasteiger partial charge in [-0.15, -0.1) is 5.10 Å². The van der Waals surface area contributed by atoms with E-state index < -0.39 is 0 Å². The van der Waals surface area contributed by atoms with Gasteiger partial charge in [-0.1, -0.05) is 17.3 Å². The van der Waals surface area contributed by atoms with Gasteiger partial charge in [0.1, 0.15) is 5.69 Å². The molecule has 2 aromatic rings. The fraction of sp³-hybridized carbons (Fsp3) is 0.467. The van der Waals surface area contributed by atoms with Crippen molar-refractivity contribution in [2.24, 2.45) is 5.84 Å². The van der Waals surface area contributed by atoms with Gasteiger partial charge in [-0.25, -0.2) is 4.68 Å². The van der Waals surface area contributed by atoms with Crippen LogP contribution in [0.5, 0.6) is 0 Å². The van der Waals surface area contributed by atoms with E-state index in [9.17, 15) is 0 Å². The molecule has 0 aliphatic carbocycles. The first kappa shape index (κ1) is 15.1. The van der Waals surface area contributed by atoms with Crippen molar-refractivity contribution in [3.05, 3.63) is 41.7 Å². The molecule has 1 aromatic carbocycles. The number of benzene rings is 1. The fourth-order valence-corrected chi connectivity index (χ4v) is 2.40. The summed E-state index contributed by atoms with van der Waals surface area (Å²) in [7, 11) is 0. The van der Waals surface area contributed by atoms with E-state index in [2.05, 4.69) is 15.7 Å². The lowest BCUT2D eigenvalue weighted by atomic mass is 10.2. The van der Waals surface area contributed by atoms with Crippen molar-refractivity contribution in [1.82, 2.24) is 20.4 Å². The quantitative estimate of drug-likeness (QED) is 0.617. The molecule has 0 spiro atoms. The molecule has 0 radical (unpaired) electrons. The highest BCUT2D eigenvalue weighted by atomic mass is 16.7. The van der Waals surface area contributed by atoms with Crippen LogP contribution in [0, 0.1) is 0 Å². The number of hydrogen-bond donors (Lipinski definition) is 2. The molecule has 7 heteroatoms. The van der Waals surface area contributed by atoms with E-state index >= 15 is 0 Å². The predicted octanol–water partition coefficient (Wildman–Crippen LogP) is 1.27. The summed E-state index contributed by atoms with van der Waals surface area (Å²) in [6, 6.07) is 7.97. The Morgan fingerprint density at radius 3 is 2.91 bits per heavy atom. The van der Waals surface area contributed by atoms with Gasteiger partial charge in [0.15, 0.2) is 6.29 Å². The minimum atomic E-state index is -0.109. The Kier molecular flexibility index (Phi) is 5.12. The Morgan fingerprint density at radius 1 is 1.32 bits per heavy atom. The smallest absolute Gasteiger partial charge is 0.158 e. The number of ether oxygens (including phenoxy) is 2. The summed E-state index contributed by atoms with van der Waals surface area (Å²) < 4.78 is 13.0. The van der Waals surface area contributed by atoms with Crippen molar-refractivity contribution in [2.45, 2.75) is 38.7 Å². The maximum atomic E-state index is 5.71. The summed E-state index contributed by atoms with van der Waals surface area (Å²) >= 11 is 0. The van der Waals surface area contributed by atoms with Gasteiger partial charge in [0.05, 0.1) is 18.5 Å². The van der Waals surface area contributed by atoms with E-state index in [1.165, 1.54) is 0 Å². The van der Waals surface area contributed by atoms with Gasteiger partial charge in [-0.2, -0.15) is 0 Å². The zero-order valence-electron chi connectivity index (χ0n) is 12.4. The van der Waals surface area contributed by atoms with Crippen LogP contribution in [0.1, 0.15) is 30.5 Å². The average molecular weight is 303 g/mol. The number of rotatable bonds is 6. The molecule has 3 rings (SSSR count). The van der Waals surface area contributed by atoms with Gasteiger partial charge in [0, 0.05) is 13.2 Å². The SMILES string of the molecule is NNCc1ccc(-n2cc(COC3CCCCO3)nn2)cc1. The molecule has 1 aliphatic rings. The van der Waals surface area contributed by atoms with Gasteiger partial charge in [-0.05, 0) is 37.0 Å². The second-order valence-electron chi connectivity index (χ2n) is 5.31. The van der Waals surface area contributed by atoms with Gasteiger partial charge in [0.2, 0.25) is 0 Å². The van der Waals surface area contributed by atoms with Crippen LogP contribution >= 0.6 is 0 Å². The van der Waals surface area contributed by atoms with Gasteiger partial charge in [-0.3, -0.25) is 11.3 Å². The third-order valence-corrected chi connectivity index (χ3v) is 3.60. The van der Waals surface area contributed by atoms with Crippen LogP contribution in [0.15, 0.2) is 30.5 Å². The largest absolute Gasteiger partial charge is 0.353 e. The first-order valence-corrected chi connectivity index (χ1v) is 7.52. The van der Waals surface area contributed by atoms with Crippen LogP contribution in [0.3, 0.4) is 0 Å². The summed E-state index contributed by atoms with van der Waals surface area (Å²) in [5.74, 6) is 5.31. The minimum absolute atomic E-state index is 0.109. The highest BCUT2D eigenvalue weighted by Gasteiger charge is 2.14. The van der Waals surface area contributed by atoms with E-state index in [-0.39, 0.29) is 6.29 Å². The first-order valence-electron chi connectivity index (χ1n) is 7.52. The Bertz CT molecular complexity index is 578. The summed E-state index contributed by atoms with van der Waals surface area (Å²) in [5.41, 5.74) is 5.49. The molecule has 0 bridgehead atoms. The van der Waals surface area contributed by atoms with Crippen LogP contribution in [-0.4, -0.2) is 27.9 Å². The molecule has 1 atom stereocenters. The lowest BCUT2D eigenvalue weighted by Crippen LogP contribution is -2.22. The van der Waals surface area contributed by atoms with Crippen molar-refractivity contribution in [3.63, 3.8) is 0 Å². The number of nitrogens with two attached hydrogens (primary N) is 1. The average Bonchev–Trinajstić information content (AvgIpc) is 3.04. The third-order valence-electron chi connectivity index (χ3n) is 3.60. The van der Waals surface area contributed by atoms with Crippen molar-refractivity contribution in [3.8, 4) is 5.69 Å². The maximum absolute atomic E-state index is 5.71. The van der Waals surface area contributed by atoms with Crippen molar-refractivity contribution in [1.29, 1.82) is 0 Å². The normalized spacial score (nSPS) is 18.5. The monoisotopic (exact) mass is 303 g/mol. The Hall–Kier alpha value is -1.80. The molecular formula is C15H21N5O2. The van der Waals surface area contributed by atoms with Crippen LogP contribution < -0.4 is 11.3 Å². The molecule has 1 unspecified atom stereocenters. The summed E-state index contributed by atoms with van der Waals surface area (Å²) in [6.07, 6.45) is 4.98. The van der Waals surface area contributed by atoms with Crippen molar-refractivity contribution in [2.75, 3.05) is 6.61 Å². The Morgan fingerprint density at radius 2 is 2.18 bits per heavy atom. The predicted molar refractivity (Wildman–Crippen MR) is 80.8 cm³/mol. The Balaban J connectivity index is 1.58. The zero-order valence-corrected chi connectivity index (χ0v) is 12.4. The molecule has 2 heterocycles. The van der Waals surface area contributed by atoms with E-state index in [0.717, 1.165) is 42.8 Å². The van der Waals surface area contributed by atoms with Gasteiger partial charge >= 0.3 is 0 Å². The highest BCUT2D eigenvalue weighted by molar-refractivity contribution is 5.33. The van der Waals surface area contributed by atoms with Gasteiger partial charge < -0.3 is 9.47 Å². The molecule has 1 aromatic heterocycles. The molecule has 0 amide bonds. The first-order chi connectivity index (χ1) is 10.8. The van der Waals surface area contributed by atoms with Crippen molar-refractivity contribution >= 4 is 0 Å². The van der Waals surface area contributed by atoms with Crippen LogP contribution in [0.2, 0.25) is 0 Å². The van der Waals surface area contributed by atoms with Gasteiger partial charge in [0.25, 0.3) is 0 Å². The number of hydrogen-bond acceptors (Lipinski definition) is 6. The summed E-state index contributed by atoms with van der Waals surface area (Å²) in [5, 5.41) is 8.27. The molecule has 7 nitrogen and oxygen atoms in total. The zero-order chi connectivity index (χ0) is 15.2. The van der Waals surface area contributed by atoms with E-state index in [4.69, 9.17) is 15.3 Å². The molecule has 22 heavy (non-hydrogen) atoms. The molecule has 1 aliphatic heterocycles. The van der Waals surface area contributed by atoms with E-state index in [1.54, 1.807) is 4.68 Å². The van der Waals surface area contributed by atoms with E-state index in [0.29, 0.717) is 13.2 Å². The lowest BCUT2D eigenvalue weighted by molar-refractivity contribution is -0.169. The maximum Gasteiger partial charge on any atom is 0.158 e. The molecular weight excluding hydrogens is 282 g/mol. The number of nitrogens with zero attached hydrogens (tertiary/aromatic N) is 3. The van der Waals surface area contributed by atoms with E-state index in [1.807, 2.05) is 30.5 Å². The third kappa shape index (κ3) is 3.89.